The molecule has 0 aliphatic rings. The van der Waals surface area contributed by atoms with Crippen LogP contribution in [0.25, 0.3) is 0 Å². The Balaban J connectivity index is 2.65. The maximum atomic E-state index is 3.15. The normalized spacial score (nSPS) is 10.2. The zero-order chi connectivity index (χ0) is 7.66. The van der Waals surface area contributed by atoms with Crippen molar-refractivity contribution >= 4 is 30.1 Å². The fraction of sp³-hybridized carbons (Fsp3) is 1.00. The molecule has 3 heteroatoms. The first-order valence-corrected chi connectivity index (χ1v) is 7.32. The summed E-state index contributed by atoms with van der Waals surface area (Å²) >= 11 is 2.36. The Morgan fingerprint density at radius 1 is 1.20 bits per heavy atom. The van der Waals surface area contributed by atoms with Crippen molar-refractivity contribution in [2.45, 2.75) is 25.7 Å². The molecule has 1 nitrogen and oxygen atoms in total. The summed E-state index contributed by atoms with van der Waals surface area (Å²) in [7, 11) is 3.93. The average molecular weight is 273 g/mol. The minimum absolute atomic E-state index is 1.18. The molecule has 0 heterocycles. The molecule has 0 aromatic heterocycles. The highest BCUT2D eigenvalue weighted by atomic mass is 127. The third kappa shape index (κ3) is 9.04. The highest BCUT2D eigenvalue weighted by molar-refractivity contribution is 14.2. The van der Waals surface area contributed by atoms with Gasteiger partial charge in [0.25, 0.3) is 0 Å². The van der Waals surface area contributed by atoms with E-state index in [0.717, 1.165) is 0 Å². The van der Waals surface area contributed by atoms with Crippen LogP contribution in [0.5, 0.6) is 0 Å². The molecule has 0 rings (SSSR count). The van der Waals surface area contributed by atoms with Crippen LogP contribution >= 0.6 is 30.1 Å². The van der Waals surface area contributed by atoms with Crippen LogP contribution in [-0.4, -0.2) is 19.3 Å². The molecular weight excluding hydrogens is 257 g/mol. The molecule has 0 bridgehead atoms. The van der Waals surface area contributed by atoms with Crippen molar-refractivity contribution in [3.05, 3.63) is 0 Å². The van der Waals surface area contributed by atoms with Crippen LogP contribution in [0.15, 0.2) is 0 Å². The van der Waals surface area contributed by atoms with E-state index in [1.807, 2.05) is 16.0 Å². The van der Waals surface area contributed by atoms with Crippen LogP contribution in [0.2, 0.25) is 0 Å². The van der Waals surface area contributed by atoms with Gasteiger partial charge in [-0.05, 0) is 47.6 Å². The molecule has 0 aromatic rings. The molecule has 1 N–H and O–H groups in total. The van der Waals surface area contributed by atoms with Gasteiger partial charge in [0.2, 0.25) is 0 Å². The second-order valence-electron chi connectivity index (χ2n) is 2.33. The molecule has 0 aliphatic carbocycles. The van der Waals surface area contributed by atoms with Gasteiger partial charge in [-0.2, -0.15) is 0 Å². The lowest BCUT2D eigenvalue weighted by Crippen LogP contribution is -2.06. The molecule has 0 atom stereocenters. The van der Waals surface area contributed by atoms with Crippen molar-refractivity contribution in [3.63, 3.8) is 0 Å². The molecule has 0 saturated carbocycles. The molecule has 0 amide bonds. The second-order valence-corrected chi connectivity index (χ2v) is 4.83. The third-order valence-electron chi connectivity index (χ3n) is 1.40. The van der Waals surface area contributed by atoms with Crippen LogP contribution in [0.3, 0.4) is 0 Å². The maximum absolute atomic E-state index is 3.15. The maximum Gasteiger partial charge on any atom is 0.00334 e. The van der Waals surface area contributed by atoms with Crippen LogP contribution in [-0.2, 0) is 0 Å². The van der Waals surface area contributed by atoms with Gasteiger partial charge in [0.05, 0.1) is 0 Å². The summed E-state index contributed by atoms with van der Waals surface area (Å²) in [6, 6.07) is 0. The van der Waals surface area contributed by atoms with Gasteiger partial charge in [0, 0.05) is 5.75 Å². The van der Waals surface area contributed by atoms with Gasteiger partial charge < -0.3 is 5.32 Å². The van der Waals surface area contributed by atoms with E-state index < -0.39 is 0 Å². The molecule has 0 aliphatic heterocycles. The predicted molar refractivity (Wildman–Crippen MR) is 58.9 cm³/mol. The Hall–Kier alpha value is 1.04. The van der Waals surface area contributed by atoms with Gasteiger partial charge in [-0.1, -0.05) is 21.8 Å². The lowest BCUT2D eigenvalue weighted by molar-refractivity contribution is 0.637. The zero-order valence-electron chi connectivity index (χ0n) is 6.53. The fourth-order valence-corrected chi connectivity index (χ4v) is 2.06. The highest BCUT2D eigenvalue weighted by Gasteiger charge is 1.87. The van der Waals surface area contributed by atoms with Crippen molar-refractivity contribution < 1.29 is 0 Å². The standard InChI is InChI=1S/C7H16INS/c1-9-6-4-2-3-5-7-10-8/h9H,2-7H2,1H3. The molecule has 0 saturated heterocycles. The Labute approximate surface area is 80.3 Å². The number of halogens is 1. The minimum Gasteiger partial charge on any atom is -0.320 e. The van der Waals surface area contributed by atoms with Crippen molar-refractivity contribution in [1.29, 1.82) is 0 Å². The Bertz CT molecular complexity index is 53.6. The van der Waals surface area contributed by atoms with E-state index in [0.29, 0.717) is 0 Å². The van der Waals surface area contributed by atoms with Gasteiger partial charge in [-0.25, -0.2) is 0 Å². The molecule has 0 unspecified atom stereocenters. The van der Waals surface area contributed by atoms with Crippen molar-refractivity contribution in [2.24, 2.45) is 0 Å². The number of unbranched alkanes of at least 4 members (excludes halogenated alkanes) is 3. The average Bonchev–Trinajstić information content (AvgIpc) is 1.97. The monoisotopic (exact) mass is 273 g/mol. The van der Waals surface area contributed by atoms with E-state index in [4.69, 9.17) is 0 Å². The van der Waals surface area contributed by atoms with Crippen LogP contribution in [0.1, 0.15) is 25.7 Å². The Morgan fingerprint density at radius 2 is 1.90 bits per heavy atom. The van der Waals surface area contributed by atoms with E-state index in [9.17, 15) is 0 Å². The van der Waals surface area contributed by atoms with Gasteiger partial charge in [-0.3, -0.25) is 0 Å². The SMILES string of the molecule is CNCCCCCCSI. The number of nitrogens with one attached hydrogen (secondary N) is 1. The summed E-state index contributed by atoms with van der Waals surface area (Å²) in [5, 5.41) is 3.15. The summed E-state index contributed by atoms with van der Waals surface area (Å²) in [6.45, 7) is 1.18. The molecule has 0 spiro atoms. The van der Waals surface area contributed by atoms with Crippen molar-refractivity contribution in [3.8, 4) is 0 Å². The molecule has 0 aromatic carbocycles. The smallest absolute Gasteiger partial charge is 0.00334 e. The highest BCUT2D eigenvalue weighted by Crippen LogP contribution is 2.13. The van der Waals surface area contributed by atoms with Crippen molar-refractivity contribution in [1.82, 2.24) is 5.32 Å². The van der Waals surface area contributed by atoms with E-state index in [1.54, 1.807) is 0 Å². The summed E-state index contributed by atoms with van der Waals surface area (Å²) in [4.78, 5) is 0. The summed E-state index contributed by atoms with van der Waals surface area (Å²) in [6.07, 6.45) is 5.51. The molecule has 62 valence electrons. The fourth-order valence-electron chi connectivity index (χ4n) is 0.812. The molecular formula is C7H16INS. The Kier molecular flexibility index (Phi) is 11.1. The van der Waals surface area contributed by atoms with Gasteiger partial charge >= 0.3 is 0 Å². The van der Waals surface area contributed by atoms with Gasteiger partial charge in [0.15, 0.2) is 0 Å². The number of hydrogen-bond donors (Lipinski definition) is 1. The third-order valence-corrected chi connectivity index (χ3v) is 3.16. The van der Waals surface area contributed by atoms with Gasteiger partial charge in [-0.15, -0.1) is 0 Å². The topological polar surface area (TPSA) is 12.0 Å². The quantitative estimate of drug-likeness (QED) is 0.565. The number of rotatable bonds is 7. The minimum atomic E-state index is 1.18. The van der Waals surface area contributed by atoms with E-state index in [1.165, 1.54) is 38.0 Å². The zero-order valence-corrected chi connectivity index (χ0v) is 9.50. The number of hydrogen-bond acceptors (Lipinski definition) is 2. The first-order chi connectivity index (χ1) is 4.91. The largest absolute Gasteiger partial charge is 0.320 e. The van der Waals surface area contributed by atoms with Crippen LogP contribution < -0.4 is 5.32 Å². The molecule has 0 fully saturated rings. The predicted octanol–water partition coefficient (Wildman–Crippen LogP) is 2.85. The summed E-state index contributed by atoms with van der Waals surface area (Å²) in [5.41, 5.74) is 0. The summed E-state index contributed by atoms with van der Waals surface area (Å²) < 4.78 is 0. The molecule has 10 heavy (non-hydrogen) atoms. The van der Waals surface area contributed by atoms with Crippen LogP contribution in [0.4, 0.5) is 0 Å². The second kappa shape index (κ2) is 10.0. The first-order valence-electron chi connectivity index (χ1n) is 3.80. The Morgan fingerprint density at radius 3 is 2.50 bits per heavy atom. The van der Waals surface area contributed by atoms with Gasteiger partial charge in [0.1, 0.15) is 0 Å². The lowest BCUT2D eigenvalue weighted by atomic mass is 10.2. The van der Waals surface area contributed by atoms with E-state index in [2.05, 4.69) is 26.5 Å². The summed E-state index contributed by atoms with van der Waals surface area (Å²) in [5.74, 6) is 1.32. The lowest BCUT2D eigenvalue weighted by Gasteiger charge is -1.98. The van der Waals surface area contributed by atoms with Crippen LogP contribution in [0, 0.1) is 0 Å². The van der Waals surface area contributed by atoms with E-state index in [-0.39, 0.29) is 0 Å². The first kappa shape index (κ1) is 11.0. The van der Waals surface area contributed by atoms with E-state index >= 15 is 0 Å². The molecule has 0 radical (unpaired) electrons. The van der Waals surface area contributed by atoms with Crippen molar-refractivity contribution in [2.75, 3.05) is 19.3 Å².